The van der Waals surface area contributed by atoms with E-state index in [0.717, 1.165) is 42.8 Å². The molecule has 2 aliphatic rings. The summed E-state index contributed by atoms with van der Waals surface area (Å²) in [4.78, 5) is 37.4. The lowest BCUT2D eigenvalue weighted by atomic mass is 9.97. The Kier molecular flexibility index (Phi) is 5.34. The first-order valence-corrected chi connectivity index (χ1v) is 10.5. The summed E-state index contributed by atoms with van der Waals surface area (Å²) < 4.78 is 4.98. The zero-order valence-corrected chi connectivity index (χ0v) is 17.7. The highest BCUT2D eigenvalue weighted by molar-refractivity contribution is 5.83. The summed E-state index contributed by atoms with van der Waals surface area (Å²) in [5.74, 6) is 0.670. The number of aromatic nitrogens is 2. The Labute approximate surface area is 171 Å². The Balaban J connectivity index is 1.44. The molecule has 7 heteroatoms. The summed E-state index contributed by atoms with van der Waals surface area (Å²) in [5.41, 5.74) is 4.54. The minimum absolute atomic E-state index is 0.0383. The number of benzene rings is 1. The van der Waals surface area contributed by atoms with Crippen LogP contribution in [0.5, 0.6) is 0 Å². The van der Waals surface area contributed by atoms with Gasteiger partial charge >= 0.3 is 5.97 Å². The fourth-order valence-electron chi connectivity index (χ4n) is 5.02. The van der Waals surface area contributed by atoms with Crippen molar-refractivity contribution in [3.63, 3.8) is 0 Å². The van der Waals surface area contributed by atoms with Crippen LogP contribution in [-0.4, -0.2) is 70.5 Å². The fourth-order valence-corrected chi connectivity index (χ4v) is 5.02. The molecule has 2 fully saturated rings. The molecule has 4 rings (SSSR count). The number of piperazine rings is 1. The van der Waals surface area contributed by atoms with Gasteiger partial charge < -0.3 is 14.6 Å². The number of ether oxygens (including phenoxy) is 1. The van der Waals surface area contributed by atoms with Gasteiger partial charge in [0.05, 0.1) is 30.6 Å². The number of aromatic amines is 1. The number of nitrogens with one attached hydrogen (secondary N) is 1. The zero-order chi connectivity index (χ0) is 20.7. The van der Waals surface area contributed by atoms with E-state index in [1.54, 1.807) is 0 Å². The lowest BCUT2D eigenvalue weighted by Gasteiger charge is -2.39. The van der Waals surface area contributed by atoms with E-state index in [9.17, 15) is 9.59 Å². The highest BCUT2D eigenvalue weighted by atomic mass is 16.5. The van der Waals surface area contributed by atoms with E-state index < -0.39 is 0 Å². The zero-order valence-electron chi connectivity index (χ0n) is 17.7. The van der Waals surface area contributed by atoms with Crippen molar-refractivity contribution >= 4 is 22.9 Å². The average Bonchev–Trinajstić information content (AvgIpc) is 3.30. The number of aryl methyl sites for hydroxylation is 2. The first-order chi connectivity index (χ1) is 13.9. The van der Waals surface area contributed by atoms with Crippen LogP contribution < -0.4 is 0 Å². The third-order valence-electron chi connectivity index (χ3n) is 6.67. The van der Waals surface area contributed by atoms with Gasteiger partial charge in [-0.2, -0.15) is 0 Å². The number of methoxy groups -OCH3 is 1. The van der Waals surface area contributed by atoms with Crippen LogP contribution in [0.15, 0.2) is 12.1 Å². The molecule has 1 N–H and O–H groups in total. The van der Waals surface area contributed by atoms with Crippen LogP contribution in [0.3, 0.4) is 0 Å². The Bertz CT molecular complexity index is 938. The SMILES string of the molecule is CC[C@H]1[C@@H](C(=O)OC)C[C@H]2CN(CCc3nc4c(C)c(C)ccc4[nH]3)CC(=O)N21. The maximum Gasteiger partial charge on any atom is 0.310 e. The van der Waals surface area contributed by atoms with Crippen molar-refractivity contribution in [2.75, 3.05) is 26.7 Å². The van der Waals surface area contributed by atoms with Gasteiger partial charge in [0.15, 0.2) is 0 Å². The van der Waals surface area contributed by atoms with Gasteiger partial charge in [0.2, 0.25) is 5.91 Å². The van der Waals surface area contributed by atoms with E-state index in [2.05, 4.69) is 35.9 Å². The summed E-state index contributed by atoms with van der Waals surface area (Å²) in [7, 11) is 1.43. The second kappa shape index (κ2) is 7.78. The lowest BCUT2D eigenvalue weighted by Crippen LogP contribution is -2.56. The maximum absolute atomic E-state index is 12.9. The summed E-state index contributed by atoms with van der Waals surface area (Å²) in [6.07, 6.45) is 2.24. The number of carbonyl (C=O) groups excluding carboxylic acids is 2. The van der Waals surface area contributed by atoms with Gasteiger partial charge in [-0.05, 0) is 43.9 Å². The molecule has 2 aliphatic heterocycles. The van der Waals surface area contributed by atoms with Gasteiger partial charge in [-0.15, -0.1) is 0 Å². The molecule has 2 saturated heterocycles. The van der Waals surface area contributed by atoms with Crippen molar-refractivity contribution in [1.29, 1.82) is 0 Å². The highest BCUT2D eigenvalue weighted by Gasteiger charge is 2.49. The van der Waals surface area contributed by atoms with Crippen LogP contribution in [-0.2, 0) is 20.7 Å². The molecule has 0 radical (unpaired) electrons. The van der Waals surface area contributed by atoms with E-state index in [1.165, 1.54) is 18.2 Å². The van der Waals surface area contributed by atoms with E-state index in [-0.39, 0.29) is 29.9 Å². The predicted molar refractivity (Wildman–Crippen MR) is 111 cm³/mol. The first kappa shape index (κ1) is 19.9. The van der Waals surface area contributed by atoms with Crippen LogP contribution >= 0.6 is 0 Å². The molecule has 0 unspecified atom stereocenters. The smallest absolute Gasteiger partial charge is 0.310 e. The molecule has 0 bridgehead atoms. The monoisotopic (exact) mass is 398 g/mol. The average molecular weight is 399 g/mol. The fraction of sp³-hybridized carbons (Fsp3) is 0.591. The number of H-pyrrole nitrogens is 1. The third kappa shape index (κ3) is 3.52. The molecular formula is C22H30N4O3. The first-order valence-electron chi connectivity index (χ1n) is 10.5. The van der Waals surface area contributed by atoms with Crippen LogP contribution in [0, 0.1) is 19.8 Å². The lowest BCUT2D eigenvalue weighted by molar-refractivity contribution is -0.147. The Morgan fingerprint density at radius 2 is 2.14 bits per heavy atom. The number of fused-ring (bicyclic) bond motifs is 2. The van der Waals surface area contributed by atoms with E-state index in [0.29, 0.717) is 13.0 Å². The molecule has 0 aliphatic carbocycles. The van der Waals surface area contributed by atoms with Gasteiger partial charge in [0.1, 0.15) is 5.82 Å². The largest absolute Gasteiger partial charge is 0.469 e. The van der Waals surface area contributed by atoms with Crippen molar-refractivity contribution in [2.24, 2.45) is 5.92 Å². The summed E-state index contributed by atoms with van der Waals surface area (Å²) >= 11 is 0. The molecular weight excluding hydrogens is 368 g/mol. The number of rotatable bonds is 5. The van der Waals surface area contributed by atoms with Crippen molar-refractivity contribution in [2.45, 2.75) is 52.1 Å². The quantitative estimate of drug-likeness (QED) is 0.782. The number of amides is 1. The van der Waals surface area contributed by atoms with Crippen molar-refractivity contribution in [1.82, 2.24) is 19.8 Å². The van der Waals surface area contributed by atoms with Crippen LogP contribution in [0.4, 0.5) is 0 Å². The van der Waals surface area contributed by atoms with Crippen LogP contribution in [0.25, 0.3) is 11.0 Å². The molecule has 156 valence electrons. The minimum atomic E-state index is -0.208. The number of esters is 1. The molecule has 1 aromatic heterocycles. The number of hydrogen-bond acceptors (Lipinski definition) is 5. The molecule has 1 aromatic carbocycles. The van der Waals surface area contributed by atoms with Gasteiger partial charge in [-0.25, -0.2) is 4.98 Å². The van der Waals surface area contributed by atoms with Crippen molar-refractivity contribution < 1.29 is 14.3 Å². The van der Waals surface area contributed by atoms with Crippen LogP contribution in [0.2, 0.25) is 0 Å². The second-order valence-electron chi connectivity index (χ2n) is 8.37. The molecule has 0 saturated carbocycles. The van der Waals surface area contributed by atoms with E-state index in [4.69, 9.17) is 9.72 Å². The Morgan fingerprint density at radius 1 is 1.34 bits per heavy atom. The number of nitrogens with zero attached hydrogens (tertiary/aromatic N) is 3. The molecule has 29 heavy (non-hydrogen) atoms. The minimum Gasteiger partial charge on any atom is -0.469 e. The van der Waals surface area contributed by atoms with Crippen LogP contribution in [0.1, 0.15) is 36.7 Å². The molecule has 3 atom stereocenters. The number of carbonyl (C=O) groups is 2. The molecule has 3 heterocycles. The second-order valence-corrected chi connectivity index (χ2v) is 8.37. The Morgan fingerprint density at radius 3 is 2.86 bits per heavy atom. The predicted octanol–water partition coefficient (Wildman–Crippen LogP) is 2.21. The number of imidazole rings is 1. The standard InChI is InChI=1S/C22H30N4O3/c1-5-18-16(22(28)29-4)10-15-11-25(12-20(27)26(15)18)9-8-19-23-17-7-6-13(2)14(3)21(17)24-19/h6-7,15-16,18H,5,8-12H2,1-4H3,(H,23,24)/t15-,16-,18-/m0/s1. The van der Waals surface area contributed by atoms with E-state index >= 15 is 0 Å². The van der Waals surface area contributed by atoms with Crippen molar-refractivity contribution in [3.8, 4) is 0 Å². The maximum atomic E-state index is 12.9. The van der Waals surface area contributed by atoms with Crippen molar-refractivity contribution in [3.05, 3.63) is 29.1 Å². The normalized spacial score (nSPS) is 24.9. The van der Waals surface area contributed by atoms with Gasteiger partial charge in [-0.3, -0.25) is 14.5 Å². The van der Waals surface area contributed by atoms with Gasteiger partial charge in [-0.1, -0.05) is 13.0 Å². The Hall–Kier alpha value is -2.41. The molecule has 1 amide bonds. The molecule has 7 nitrogen and oxygen atoms in total. The summed E-state index contributed by atoms with van der Waals surface area (Å²) in [6, 6.07) is 4.24. The summed E-state index contributed by atoms with van der Waals surface area (Å²) in [5, 5.41) is 0. The summed E-state index contributed by atoms with van der Waals surface area (Å²) in [6.45, 7) is 8.21. The van der Waals surface area contributed by atoms with E-state index in [1.807, 2.05) is 11.8 Å². The van der Waals surface area contributed by atoms with Gasteiger partial charge in [0, 0.05) is 31.6 Å². The van der Waals surface area contributed by atoms with Gasteiger partial charge in [0.25, 0.3) is 0 Å². The molecule has 0 spiro atoms. The number of hydrogen-bond donors (Lipinski definition) is 1. The topological polar surface area (TPSA) is 78.5 Å². The molecule has 2 aromatic rings. The third-order valence-corrected chi connectivity index (χ3v) is 6.67. The highest BCUT2D eigenvalue weighted by Crippen LogP contribution is 2.35.